The van der Waals surface area contributed by atoms with Crippen LogP contribution < -0.4 is 5.32 Å². The maximum Gasteiger partial charge on any atom is 0.0733 e. The van der Waals surface area contributed by atoms with Gasteiger partial charge in [0.1, 0.15) is 0 Å². The van der Waals surface area contributed by atoms with Gasteiger partial charge < -0.3 is 10.1 Å². The highest BCUT2D eigenvalue weighted by Gasteiger charge is 2.40. The molecule has 13 heavy (non-hydrogen) atoms. The van der Waals surface area contributed by atoms with Gasteiger partial charge in [0.25, 0.3) is 0 Å². The summed E-state index contributed by atoms with van der Waals surface area (Å²) in [6.07, 6.45) is 4.89. The highest BCUT2D eigenvalue weighted by molar-refractivity contribution is 4.94. The molecule has 0 aromatic heterocycles. The van der Waals surface area contributed by atoms with Crippen LogP contribution in [-0.4, -0.2) is 24.3 Å². The van der Waals surface area contributed by atoms with Crippen LogP contribution in [-0.2, 0) is 4.74 Å². The lowest BCUT2D eigenvalue weighted by atomic mass is 9.94. The molecule has 2 heterocycles. The fourth-order valence-corrected chi connectivity index (χ4v) is 2.34. The normalized spacial score (nSPS) is 40.2. The standard InChI is InChI=1S/C11H21NO/c1-7(2)8(3)12-10-6-9-4-5-11(10)13-9/h7-12H,4-6H2,1-3H3. The van der Waals surface area contributed by atoms with E-state index in [0.717, 1.165) is 5.92 Å². The van der Waals surface area contributed by atoms with Gasteiger partial charge in [-0.25, -0.2) is 0 Å². The summed E-state index contributed by atoms with van der Waals surface area (Å²) in [6.45, 7) is 6.81. The first-order valence-corrected chi connectivity index (χ1v) is 5.58. The number of ether oxygens (including phenoxy) is 1. The van der Waals surface area contributed by atoms with E-state index in [1.165, 1.54) is 19.3 Å². The van der Waals surface area contributed by atoms with Crippen molar-refractivity contribution in [2.24, 2.45) is 5.92 Å². The van der Waals surface area contributed by atoms with Crippen molar-refractivity contribution in [1.82, 2.24) is 5.32 Å². The van der Waals surface area contributed by atoms with Crippen molar-refractivity contribution in [3.05, 3.63) is 0 Å². The van der Waals surface area contributed by atoms with E-state index < -0.39 is 0 Å². The highest BCUT2D eigenvalue weighted by Crippen LogP contribution is 2.34. The number of rotatable bonds is 3. The topological polar surface area (TPSA) is 21.3 Å². The zero-order valence-electron chi connectivity index (χ0n) is 8.92. The van der Waals surface area contributed by atoms with Crippen LogP contribution in [0.3, 0.4) is 0 Å². The highest BCUT2D eigenvalue weighted by atomic mass is 16.5. The molecule has 0 saturated carbocycles. The molecule has 2 fully saturated rings. The Hall–Kier alpha value is -0.0800. The third-order valence-corrected chi connectivity index (χ3v) is 3.58. The van der Waals surface area contributed by atoms with Crippen LogP contribution in [0.2, 0.25) is 0 Å². The Morgan fingerprint density at radius 2 is 2.00 bits per heavy atom. The van der Waals surface area contributed by atoms with Crippen LogP contribution in [0, 0.1) is 5.92 Å². The van der Waals surface area contributed by atoms with E-state index in [9.17, 15) is 0 Å². The van der Waals surface area contributed by atoms with Crippen molar-refractivity contribution in [2.45, 2.75) is 64.3 Å². The van der Waals surface area contributed by atoms with E-state index in [2.05, 4.69) is 26.1 Å². The van der Waals surface area contributed by atoms with Crippen molar-refractivity contribution in [2.75, 3.05) is 0 Å². The van der Waals surface area contributed by atoms with Gasteiger partial charge in [-0.15, -0.1) is 0 Å². The molecule has 2 aliphatic heterocycles. The Morgan fingerprint density at radius 3 is 2.46 bits per heavy atom. The van der Waals surface area contributed by atoms with Gasteiger partial charge in [0.05, 0.1) is 12.2 Å². The largest absolute Gasteiger partial charge is 0.373 e. The number of hydrogen-bond donors (Lipinski definition) is 1. The molecule has 0 aromatic carbocycles. The second kappa shape index (κ2) is 3.58. The predicted octanol–water partition coefficient (Wildman–Crippen LogP) is 1.94. The average Bonchev–Trinajstić information content (AvgIpc) is 2.64. The molecule has 2 heteroatoms. The monoisotopic (exact) mass is 183 g/mol. The molecule has 1 N–H and O–H groups in total. The van der Waals surface area contributed by atoms with E-state index >= 15 is 0 Å². The molecule has 4 atom stereocenters. The zero-order valence-corrected chi connectivity index (χ0v) is 8.92. The van der Waals surface area contributed by atoms with Gasteiger partial charge in [-0.1, -0.05) is 13.8 Å². The van der Waals surface area contributed by atoms with E-state index in [4.69, 9.17) is 4.74 Å². The van der Waals surface area contributed by atoms with Crippen molar-refractivity contribution in [1.29, 1.82) is 0 Å². The fourth-order valence-electron chi connectivity index (χ4n) is 2.34. The van der Waals surface area contributed by atoms with Crippen LogP contribution >= 0.6 is 0 Å². The summed E-state index contributed by atoms with van der Waals surface area (Å²) in [5.41, 5.74) is 0. The Balaban J connectivity index is 1.83. The first-order valence-electron chi connectivity index (χ1n) is 5.58. The summed E-state index contributed by atoms with van der Waals surface area (Å²) in [4.78, 5) is 0. The Labute approximate surface area is 81.0 Å². The molecular formula is C11H21NO. The summed E-state index contributed by atoms with van der Waals surface area (Å²) in [7, 11) is 0. The SMILES string of the molecule is CC(C)C(C)NC1CC2CCC1O2. The number of nitrogens with one attached hydrogen (secondary N) is 1. The molecule has 0 amide bonds. The molecule has 0 spiro atoms. The number of fused-ring (bicyclic) bond motifs is 2. The van der Waals surface area contributed by atoms with Gasteiger partial charge in [-0.2, -0.15) is 0 Å². The average molecular weight is 183 g/mol. The fraction of sp³-hybridized carbons (Fsp3) is 1.00. The minimum absolute atomic E-state index is 0.520. The molecular weight excluding hydrogens is 162 g/mol. The van der Waals surface area contributed by atoms with E-state index in [-0.39, 0.29) is 0 Å². The second-order valence-electron chi connectivity index (χ2n) is 4.92. The molecule has 0 aliphatic carbocycles. The van der Waals surface area contributed by atoms with Gasteiger partial charge >= 0.3 is 0 Å². The first-order chi connectivity index (χ1) is 6.16. The molecule has 2 saturated heterocycles. The summed E-state index contributed by atoms with van der Waals surface area (Å²) in [5.74, 6) is 0.721. The maximum absolute atomic E-state index is 5.80. The van der Waals surface area contributed by atoms with Gasteiger partial charge in [0.2, 0.25) is 0 Å². The van der Waals surface area contributed by atoms with Crippen molar-refractivity contribution in [3.8, 4) is 0 Å². The third-order valence-electron chi connectivity index (χ3n) is 3.58. The molecule has 2 bridgehead atoms. The maximum atomic E-state index is 5.80. The molecule has 2 aliphatic rings. The zero-order chi connectivity index (χ0) is 9.42. The minimum atomic E-state index is 0.520. The summed E-state index contributed by atoms with van der Waals surface area (Å²) < 4.78 is 5.80. The number of hydrogen-bond acceptors (Lipinski definition) is 2. The third kappa shape index (κ3) is 1.89. The van der Waals surface area contributed by atoms with Crippen LogP contribution in [0.15, 0.2) is 0 Å². The Bertz CT molecular complexity index is 181. The van der Waals surface area contributed by atoms with Crippen LogP contribution in [0.4, 0.5) is 0 Å². The van der Waals surface area contributed by atoms with Crippen molar-refractivity contribution in [3.63, 3.8) is 0 Å². The Morgan fingerprint density at radius 1 is 1.23 bits per heavy atom. The van der Waals surface area contributed by atoms with E-state index in [1.54, 1.807) is 0 Å². The molecule has 4 unspecified atom stereocenters. The lowest BCUT2D eigenvalue weighted by Crippen LogP contribution is -2.44. The van der Waals surface area contributed by atoms with E-state index in [1.807, 2.05) is 0 Å². The summed E-state index contributed by atoms with van der Waals surface area (Å²) >= 11 is 0. The Kier molecular flexibility index (Phi) is 2.61. The molecule has 2 nitrogen and oxygen atoms in total. The van der Waals surface area contributed by atoms with Crippen LogP contribution in [0.1, 0.15) is 40.0 Å². The predicted molar refractivity (Wildman–Crippen MR) is 53.7 cm³/mol. The quantitative estimate of drug-likeness (QED) is 0.722. The van der Waals surface area contributed by atoms with Crippen molar-refractivity contribution >= 4 is 0 Å². The first kappa shape index (κ1) is 9.47. The summed E-state index contributed by atoms with van der Waals surface area (Å²) in [5, 5.41) is 3.68. The second-order valence-corrected chi connectivity index (χ2v) is 4.92. The molecule has 0 aromatic rings. The molecule has 0 radical (unpaired) electrons. The van der Waals surface area contributed by atoms with Crippen molar-refractivity contribution < 1.29 is 4.74 Å². The minimum Gasteiger partial charge on any atom is -0.373 e. The van der Waals surface area contributed by atoms with Gasteiger partial charge in [-0.3, -0.25) is 0 Å². The van der Waals surface area contributed by atoms with Crippen LogP contribution in [0.5, 0.6) is 0 Å². The van der Waals surface area contributed by atoms with Gasteiger partial charge in [-0.05, 0) is 32.1 Å². The smallest absolute Gasteiger partial charge is 0.0733 e. The molecule has 76 valence electrons. The van der Waals surface area contributed by atoms with Gasteiger partial charge in [0.15, 0.2) is 0 Å². The molecule has 2 rings (SSSR count). The van der Waals surface area contributed by atoms with Crippen LogP contribution in [0.25, 0.3) is 0 Å². The van der Waals surface area contributed by atoms with E-state index in [0.29, 0.717) is 24.3 Å². The summed E-state index contributed by atoms with van der Waals surface area (Å²) in [6, 6.07) is 1.25. The lowest BCUT2D eigenvalue weighted by Gasteiger charge is -2.26. The van der Waals surface area contributed by atoms with Gasteiger partial charge in [0, 0.05) is 12.1 Å². The lowest BCUT2D eigenvalue weighted by molar-refractivity contribution is 0.0954.